The number of aryl methyl sites for hydroxylation is 1. The van der Waals surface area contributed by atoms with Crippen molar-refractivity contribution in [1.82, 2.24) is 15.1 Å². The predicted molar refractivity (Wildman–Crippen MR) is 129 cm³/mol. The Bertz CT molecular complexity index is 1230. The minimum absolute atomic E-state index is 0. The Kier molecular flexibility index (Phi) is 8.01. The van der Waals surface area contributed by atoms with Gasteiger partial charge in [-0.2, -0.15) is 0 Å². The number of nitrogens with one attached hydrogen (secondary N) is 1. The van der Waals surface area contributed by atoms with Crippen molar-refractivity contribution in [1.29, 1.82) is 0 Å². The van der Waals surface area contributed by atoms with Crippen LogP contribution in [0.4, 0.5) is 0 Å². The van der Waals surface area contributed by atoms with E-state index in [2.05, 4.69) is 59.7 Å². The smallest absolute Gasteiger partial charge is 0.326 e. The number of benzene rings is 2. The summed E-state index contributed by atoms with van der Waals surface area (Å²) in [6, 6.07) is 14.3. The number of rotatable bonds is 5. The summed E-state index contributed by atoms with van der Waals surface area (Å²) in [5.74, 6) is 0.287. The third kappa shape index (κ3) is 4.98. The van der Waals surface area contributed by atoms with E-state index in [1.807, 2.05) is 18.2 Å². The molecule has 0 spiro atoms. The van der Waals surface area contributed by atoms with E-state index in [9.17, 15) is 4.79 Å². The second-order valence-corrected chi connectivity index (χ2v) is 7.76. The predicted octanol–water partition coefficient (Wildman–Crippen LogP) is 5.05. The highest BCUT2D eigenvalue weighted by atomic mass is 35.5. The normalized spacial score (nSPS) is 10.7. The molecule has 164 valence electrons. The third-order valence-electron chi connectivity index (χ3n) is 5.03. The molecule has 2 aromatic carbocycles. The molecule has 0 saturated heterocycles. The highest BCUT2D eigenvalue weighted by molar-refractivity contribution is 5.98. The second kappa shape index (κ2) is 10.1. The summed E-state index contributed by atoms with van der Waals surface area (Å²) in [7, 11) is 0. The first kappa shape index (κ1) is 24.6. The number of aromatic nitrogens is 3. The molecule has 0 atom stereocenters. The Morgan fingerprint density at radius 1 is 1.06 bits per heavy atom. The van der Waals surface area contributed by atoms with E-state index < -0.39 is 5.76 Å². The summed E-state index contributed by atoms with van der Waals surface area (Å²) in [4.78, 5) is 18.9. The molecule has 2 heterocycles. The van der Waals surface area contributed by atoms with Crippen molar-refractivity contribution in [2.75, 3.05) is 0 Å². The number of nitrogens with zero attached hydrogens (tertiary/aromatic N) is 2. The van der Waals surface area contributed by atoms with Gasteiger partial charge in [-0.25, -0.2) is 4.79 Å². The van der Waals surface area contributed by atoms with Gasteiger partial charge in [0.15, 0.2) is 5.82 Å². The molecule has 0 saturated carbocycles. The number of pyridine rings is 1. The van der Waals surface area contributed by atoms with Crippen molar-refractivity contribution >= 4 is 35.7 Å². The highest BCUT2D eigenvalue weighted by Crippen LogP contribution is 2.35. The lowest BCUT2D eigenvalue weighted by molar-refractivity contribution is 0.388. The molecule has 4 aromatic rings. The lowest BCUT2D eigenvalue weighted by Gasteiger charge is -2.18. The van der Waals surface area contributed by atoms with Crippen LogP contribution in [0.5, 0.6) is 0 Å². The van der Waals surface area contributed by atoms with E-state index in [0.717, 1.165) is 45.3 Å². The Labute approximate surface area is 193 Å². The molecule has 0 amide bonds. The Morgan fingerprint density at radius 2 is 1.74 bits per heavy atom. The van der Waals surface area contributed by atoms with Crippen molar-refractivity contribution in [3.63, 3.8) is 0 Å². The SMILES string of the molecule is Cc1ccc(-c2c(CN)c(CC(C)C)nc3ccc(-c4noc(=O)[nH]4)cc23)cc1.Cl.Cl. The van der Waals surface area contributed by atoms with Gasteiger partial charge >= 0.3 is 5.76 Å². The molecule has 0 fully saturated rings. The fourth-order valence-electron chi connectivity index (χ4n) is 3.68. The average Bonchev–Trinajstić information content (AvgIpc) is 3.13. The lowest BCUT2D eigenvalue weighted by atomic mass is 9.90. The highest BCUT2D eigenvalue weighted by Gasteiger charge is 2.18. The molecule has 0 aliphatic rings. The second-order valence-electron chi connectivity index (χ2n) is 7.76. The van der Waals surface area contributed by atoms with Crippen molar-refractivity contribution < 1.29 is 4.52 Å². The van der Waals surface area contributed by atoms with Crippen LogP contribution in [-0.4, -0.2) is 15.1 Å². The van der Waals surface area contributed by atoms with Crippen LogP contribution >= 0.6 is 24.8 Å². The van der Waals surface area contributed by atoms with Gasteiger partial charge in [-0.05, 0) is 54.2 Å². The zero-order chi connectivity index (χ0) is 20.5. The van der Waals surface area contributed by atoms with Crippen molar-refractivity contribution in [2.45, 2.75) is 33.7 Å². The summed E-state index contributed by atoms with van der Waals surface area (Å²) in [5, 5.41) is 4.79. The van der Waals surface area contributed by atoms with Gasteiger partial charge in [0.1, 0.15) is 0 Å². The van der Waals surface area contributed by atoms with Gasteiger partial charge < -0.3 is 5.73 Å². The molecular formula is C23H26Cl2N4O2. The summed E-state index contributed by atoms with van der Waals surface area (Å²) in [6.07, 6.45) is 0.861. The average molecular weight is 461 g/mol. The molecule has 4 rings (SSSR count). The van der Waals surface area contributed by atoms with E-state index in [4.69, 9.17) is 10.7 Å². The largest absolute Gasteiger partial charge is 0.439 e. The zero-order valence-electron chi connectivity index (χ0n) is 17.6. The van der Waals surface area contributed by atoms with E-state index in [1.165, 1.54) is 5.56 Å². The van der Waals surface area contributed by atoms with Gasteiger partial charge in [0.2, 0.25) is 0 Å². The maximum Gasteiger partial charge on any atom is 0.439 e. The number of nitrogens with two attached hydrogens (primary N) is 1. The molecular weight excluding hydrogens is 435 g/mol. The van der Waals surface area contributed by atoms with E-state index in [1.54, 1.807) is 0 Å². The fraction of sp³-hybridized carbons (Fsp3) is 0.261. The standard InChI is InChI=1S/C23H24N4O2.2ClH/c1-13(2)10-20-18(12-24)21(15-6-4-14(3)5-7-15)17-11-16(8-9-19(17)25-20)22-26-23(28)29-27-22;;/h4-9,11,13H,10,12,24H2,1-3H3,(H,26,27,28);2*1H. The number of fused-ring (bicyclic) bond motifs is 1. The van der Waals surface area contributed by atoms with Crippen LogP contribution in [0, 0.1) is 12.8 Å². The maximum absolute atomic E-state index is 11.4. The van der Waals surface area contributed by atoms with Gasteiger partial charge in [0, 0.05) is 23.2 Å². The molecule has 0 aliphatic carbocycles. The van der Waals surface area contributed by atoms with E-state index in [-0.39, 0.29) is 24.8 Å². The van der Waals surface area contributed by atoms with Crippen LogP contribution in [0.1, 0.15) is 30.7 Å². The minimum atomic E-state index is -0.577. The van der Waals surface area contributed by atoms with Gasteiger partial charge in [-0.3, -0.25) is 14.5 Å². The Hall–Kier alpha value is -2.67. The van der Waals surface area contributed by atoms with E-state index >= 15 is 0 Å². The van der Waals surface area contributed by atoms with Gasteiger partial charge in [0.05, 0.1) is 5.52 Å². The first-order valence-corrected chi connectivity index (χ1v) is 9.75. The molecule has 8 heteroatoms. The first-order valence-electron chi connectivity index (χ1n) is 9.75. The molecule has 0 radical (unpaired) electrons. The summed E-state index contributed by atoms with van der Waals surface area (Å²) in [6.45, 7) is 6.84. The molecule has 0 unspecified atom stereocenters. The first-order chi connectivity index (χ1) is 14.0. The topological polar surface area (TPSA) is 97.8 Å². The Morgan fingerprint density at radius 3 is 2.32 bits per heavy atom. The van der Waals surface area contributed by atoms with Gasteiger partial charge in [-0.15, -0.1) is 24.8 Å². The van der Waals surface area contributed by atoms with Crippen LogP contribution < -0.4 is 11.5 Å². The summed E-state index contributed by atoms with van der Waals surface area (Å²) < 4.78 is 4.67. The molecule has 31 heavy (non-hydrogen) atoms. The number of hydrogen-bond acceptors (Lipinski definition) is 5. The van der Waals surface area contributed by atoms with Crippen LogP contribution in [0.2, 0.25) is 0 Å². The molecule has 3 N–H and O–H groups in total. The fourth-order valence-corrected chi connectivity index (χ4v) is 3.68. The van der Waals surface area contributed by atoms with Gasteiger partial charge in [0.25, 0.3) is 0 Å². The van der Waals surface area contributed by atoms with Crippen LogP contribution in [0.25, 0.3) is 33.4 Å². The molecule has 6 nitrogen and oxygen atoms in total. The van der Waals surface area contributed by atoms with E-state index in [0.29, 0.717) is 18.3 Å². The molecule has 0 bridgehead atoms. The number of H-pyrrole nitrogens is 1. The van der Waals surface area contributed by atoms with Crippen molar-refractivity contribution in [2.24, 2.45) is 11.7 Å². The van der Waals surface area contributed by atoms with Crippen molar-refractivity contribution in [3.8, 4) is 22.5 Å². The summed E-state index contributed by atoms with van der Waals surface area (Å²) >= 11 is 0. The number of halogens is 2. The quantitative estimate of drug-likeness (QED) is 0.433. The lowest BCUT2D eigenvalue weighted by Crippen LogP contribution is -2.10. The van der Waals surface area contributed by atoms with Crippen molar-refractivity contribution in [3.05, 3.63) is 69.8 Å². The van der Waals surface area contributed by atoms with Gasteiger partial charge in [-0.1, -0.05) is 48.8 Å². The number of aromatic amines is 1. The van der Waals surface area contributed by atoms with Crippen LogP contribution in [0.15, 0.2) is 51.8 Å². The zero-order valence-corrected chi connectivity index (χ0v) is 19.3. The monoisotopic (exact) mass is 460 g/mol. The van der Waals surface area contributed by atoms with Crippen LogP contribution in [-0.2, 0) is 13.0 Å². The third-order valence-corrected chi connectivity index (χ3v) is 5.03. The summed E-state index contributed by atoms with van der Waals surface area (Å²) in [5.41, 5.74) is 13.3. The minimum Gasteiger partial charge on any atom is -0.326 e. The number of hydrogen-bond donors (Lipinski definition) is 2. The Balaban J connectivity index is 0.00000171. The van der Waals surface area contributed by atoms with Crippen LogP contribution in [0.3, 0.4) is 0 Å². The molecule has 2 aromatic heterocycles. The molecule has 0 aliphatic heterocycles. The maximum atomic E-state index is 11.4.